The molecule has 4 aliphatic rings. The SMILES string of the molecule is C=C(C)C(=O)CC1CCCC1C(=O)OC1C2CC3C(=O)OC1C3C2. The minimum absolute atomic E-state index is 0.0300. The van der Waals surface area contributed by atoms with Gasteiger partial charge in [0.05, 0.1) is 11.8 Å². The van der Waals surface area contributed by atoms with Crippen LogP contribution in [0.25, 0.3) is 0 Å². The van der Waals surface area contributed by atoms with E-state index in [0.717, 1.165) is 32.1 Å². The Morgan fingerprint density at radius 3 is 2.83 bits per heavy atom. The van der Waals surface area contributed by atoms with E-state index < -0.39 is 0 Å². The van der Waals surface area contributed by atoms with Crippen LogP contribution in [0.1, 0.15) is 45.4 Å². The number of fused-ring (bicyclic) bond motifs is 1. The van der Waals surface area contributed by atoms with Gasteiger partial charge in [-0.2, -0.15) is 0 Å². The largest absolute Gasteiger partial charge is 0.458 e. The monoisotopic (exact) mass is 332 g/mol. The first kappa shape index (κ1) is 15.9. The summed E-state index contributed by atoms with van der Waals surface area (Å²) in [7, 11) is 0. The maximum absolute atomic E-state index is 12.7. The highest BCUT2D eigenvalue weighted by atomic mass is 16.6. The average Bonchev–Trinajstić information content (AvgIpc) is 3.25. The molecule has 5 heteroatoms. The Bertz CT molecular complexity index is 609. The van der Waals surface area contributed by atoms with Crippen LogP contribution in [0.5, 0.6) is 0 Å². The van der Waals surface area contributed by atoms with Gasteiger partial charge < -0.3 is 9.47 Å². The summed E-state index contributed by atoms with van der Waals surface area (Å²) in [4.78, 5) is 36.5. The standard InChI is InChI=1S/C19H24O5/c1-9(2)15(20)8-10-4-3-5-12(10)18(21)23-16-11-6-13-14(7-11)19(22)24-17(13)16/h10-14,16-17H,1,3-8H2,2H3. The van der Waals surface area contributed by atoms with E-state index in [1.165, 1.54) is 0 Å². The lowest BCUT2D eigenvalue weighted by Gasteiger charge is -2.27. The normalized spacial score (nSPS) is 42.2. The third-order valence-corrected chi connectivity index (χ3v) is 6.55. The van der Waals surface area contributed by atoms with Gasteiger partial charge in [-0.25, -0.2) is 0 Å². The van der Waals surface area contributed by atoms with Gasteiger partial charge in [0.2, 0.25) is 0 Å². The van der Waals surface area contributed by atoms with E-state index in [0.29, 0.717) is 12.0 Å². The number of ether oxygens (including phenoxy) is 2. The van der Waals surface area contributed by atoms with Gasteiger partial charge in [0.25, 0.3) is 0 Å². The minimum atomic E-state index is -0.275. The maximum Gasteiger partial charge on any atom is 0.309 e. The van der Waals surface area contributed by atoms with Crippen molar-refractivity contribution in [3.8, 4) is 0 Å². The van der Waals surface area contributed by atoms with Crippen molar-refractivity contribution < 1.29 is 23.9 Å². The lowest BCUT2D eigenvalue weighted by atomic mass is 9.87. The smallest absolute Gasteiger partial charge is 0.309 e. The fourth-order valence-electron chi connectivity index (χ4n) is 5.29. The van der Waals surface area contributed by atoms with Crippen molar-refractivity contribution in [1.82, 2.24) is 0 Å². The van der Waals surface area contributed by atoms with Crippen molar-refractivity contribution in [2.45, 2.75) is 57.7 Å². The van der Waals surface area contributed by atoms with Crippen molar-refractivity contribution in [2.75, 3.05) is 0 Å². The molecule has 0 amide bonds. The topological polar surface area (TPSA) is 69.7 Å². The van der Waals surface area contributed by atoms with Gasteiger partial charge >= 0.3 is 11.9 Å². The number of hydrogen-bond acceptors (Lipinski definition) is 5. The van der Waals surface area contributed by atoms with Crippen molar-refractivity contribution in [2.24, 2.45) is 29.6 Å². The fraction of sp³-hybridized carbons (Fsp3) is 0.737. The number of hydrogen-bond donors (Lipinski definition) is 0. The predicted molar refractivity (Wildman–Crippen MR) is 84.7 cm³/mol. The van der Waals surface area contributed by atoms with E-state index in [1.807, 2.05) is 0 Å². The zero-order valence-electron chi connectivity index (χ0n) is 14.0. The van der Waals surface area contributed by atoms with Crippen LogP contribution in [0.3, 0.4) is 0 Å². The summed E-state index contributed by atoms with van der Waals surface area (Å²) in [6, 6.07) is 0. The summed E-state index contributed by atoms with van der Waals surface area (Å²) < 4.78 is 11.3. The van der Waals surface area contributed by atoms with E-state index in [1.54, 1.807) is 6.92 Å². The number of Topliss-reactive ketones (excluding diaryl/α,β-unsaturated/α-hetero) is 1. The van der Waals surface area contributed by atoms with Crippen LogP contribution in [0.4, 0.5) is 0 Å². The molecule has 1 saturated heterocycles. The van der Waals surface area contributed by atoms with Gasteiger partial charge in [0.15, 0.2) is 5.78 Å². The number of esters is 2. The van der Waals surface area contributed by atoms with Crippen molar-refractivity contribution in [3.63, 3.8) is 0 Å². The second kappa shape index (κ2) is 5.71. The van der Waals surface area contributed by atoms with Gasteiger partial charge in [-0.1, -0.05) is 13.0 Å². The number of carbonyl (C=O) groups excluding carboxylic acids is 3. The van der Waals surface area contributed by atoms with Gasteiger partial charge in [-0.3, -0.25) is 14.4 Å². The van der Waals surface area contributed by atoms with Crippen LogP contribution in [0.15, 0.2) is 12.2 Å². The molecule has 5 nitrogen and oxygen atoms in total. The molecule has 2 bridgehead atoms. The van der Waals surface area contributed by atoms with E-state index in [2.05, 4.69) is 6.58 Å². The molecule has 4 fully saturated rings. The molecule has 0 radical (unpaired) electrons. The highest BCUT2D eigenvalue weighted by Gasteiger charge is 2.63. The summed E-state index contributed by atoms with van der Waals surface area (Å²) in [5.41, 5.74) is 0.547. The molecule has 3 saturated carbocycles. The Labute approximate surface area is 141 Å². The van der Waals surface area contributed by atoms with E-state index in [-0.39, 0.29) is 59.5 Å². The van der Waals surface area contributed by atoms with E-state index in [4.69, 9.17) is 9.47 Å². The summed E-state index contributed by atoms with van der Waals surface area (Å²) in [6.45, 7) is 5.41. The molecule has 3 aliphatic carbocycles. The molecular formula is C19H24O5. The second-order valence-corrected chi connectivity index (χ2v) is 8.01. The summed E-state index contributed by atoms with van der Waals surface area (Å²) >= 11 is 0. The molecule has 24 heavy (non-hydrogen) atoms. The molecule has 7 atom stereocenters. The molecule has 0 aromatic rings. The quantitative estimate of drug-likeness (QED) is 0.571. The van der Waals surface area contributed by atoms with Gasteiger partial charge in [0, 0.05) is 18.3 Å². The highest BCUT2D eigenvalue weighted by molar-refractivity contribution is 5.94. The zero-order valence-corrected chi connectivity index (χ0v) is 14.0. The first-order chi connectivity index (χ1) is 11.5. The fourth-order valence-corrected chi connectivity index (χ4v) is 5.29. The van der Waals surface area contributed by atoms with Gasteiger partial charge in [-0.15, -0.1) is 0 Å². The number of carbonyl (C=O) groups is 3. The van der Waals surface area contributed by atoms with Crippen molar-refractivity contribution in [1.29, 1.82) is 0 Å². The minimum Gasteiger partial charge on any atom is -0.458 e. The Morgan fingerprint density at radius 1 is 1.29 bits per heavy atom. The van der Waals surface area contributed by atoms with Crippen LogP contribution < -0.4 is 0 Å². The Morgan fingerprint density at radius 2 is 2.08 bits per heavy atom. The molecule has 0 aromatic heterocycles. The third-order valence-electron chi connectivity index (χ3n) is 6.55. The summed E-state index contributed by atoms with van der Waals surface area (Å²) in [5, 5.41) is 0. The molecule has 130 valence electrons. The van der Waals surface area contributed by atoms with Gasteiger partial charge in [-0.05, 0) is 44.1 Å². The maximum atomic E-state index is 12.7. The molecule has 7 unspecified atom stereocenters. The van der Waals surface area contributed by atoms with Crippen molar-refractivity contribution >= 4 is 17.7 Å². The first-order valence-corrected chi connectivity index (χ1v) is 9.05. The predicted octanol–water partition coefficient (Wildman–Crippen LogP) is 2.43. The molecule has 0 spiro atoms. The summed E-state index contributed by atoms with van der Waals surface area (Å²) in [6.07, 6.45) is 4.21. The van der Waals surface area contributed by atoms with Crippen molar-refractivity contribution in [3.05, 3.63) is 12.2 Å². The molecule has 4 rings (SSSR count). The summed E-state index contributed by atoms with van der Waals surface area (Å²) in [5.74, 6) is 0.0944. The van der Waals surface area contributed by atoms with Gasteiger partial charge in [0.1, 0.15) is 12.2 Å². The highest BCUT2D eigenvalue weighted by Crippen LogP contribution is 2.55. The van der Waals surface area contributed by atoms with Crippen LogP contribution in [-0.4, -0.2) is 29.9 Å². The molecular weight excluding hydrogens is 308 g/mol. The number of allylic oxidation sites excluding steroid dienone is 1. The third kappa shape index (κ3) is 2.40. The van der Waals surface area contributed by atoms with Crippen LogP contribution in [0, 0.1) is 29.6 Å². The average molecular weight is 332 g/mol. The number of rotatable bonds is 5. The Hall–Kier alpha value is -1.65. The van der Waals surface area contributed by atoms with Crippen LogP contribution >= 0.6 is 0 Å². The van der Waals surface area contributed by atoms with E-state index in [9.17, 15) is 14.4 Å². The molecule has 0 N–H and O–H groups in total. The zero-order chi connectivity index (χ0) is 17.0. The molecule has 1 heterocycles. The lowest BCUT2D eigenvalue weighted by Crippen LogP contribution is -2.38. The van der Waals surface area contributed by atoms with Crippen LogP contribution in [-0.2, 0) is 23.9 Å². The Balaban J connectivity index is 1.40. The number of ketones is 1. The van der Waals surface area contributed by atoms with Crippen LogP contribution in [0.2, 0.25) is 0 Å². The molecule has 0 aromatic carbocycles. The first-order valence-electron chi connectivity index (χ1n) is 9.05. The van der Waals surface area contributed by atoms with E-state index >= 15 is 0 Å². The molecule has 1 aliphatic heterocycles. The lowest BCUT2D eigenvalue weighted by molar-refractivity contribution is -0.166. The second-order valence-electron chi connectivity index (χ2n) is 8.01. The Kier molecular flexibility index (Phi) is 3.77.